The fourth-order valence-corrected chi connectivity index (χ4v) is 7.00. The number of carboxylic acid groups (broad SMARTS) is 1. The minimum absolute atomic E-state index is 0. The third-order valence-electron chi connectivity index (χ3n) is 8.72. The molecule has 0 fully saturated rings. The summed E-state index contributed by atoms with van der Waals surface area (Å²) >= 11 is 0. The van der Waals surface area contributed by atoms with E-state index in [0.29, 0.717) is 16.8 Å². The molecule has 0 saturated heterocycles. The second-order valence-corrected chi connectivity index (χ2v) is 15.2. The Balaban J connectivity index is 0.00000273. The van der Waals surface area contributed by atoms with E-state index in [1.54, 1.807) is 36.4 Å². The van der Waals surface area contributed by atoms with Gasteiger partial charge in [0.05, 0.1) is 44.2 Å². The number of nitrogens with two attached hydrogens (primary N) is 1. The number of aliphatic carboxylic acids is 1. The van der Waals surface area contributed by atoms with E-state index in [1.807, 2.05) is 12.1 Å². The first-order valence-electron chi connectivity index (χ1n) is 16.6. The summed E-state index contributed by atoms with van der Waals surface area (Å²) in [7, 11) is -10.1. The van der Waals surface area contributed by atoms with Gasteiger partial charge in [-0.3, -0.25) is 20.4 Å². The number of nitrogens with zero attached hydrogens (tertiary/aromatic N) is 4. The number of hydrogen-bond acceptors (Lipinski definition) is 17. The Hall–Kier alpha value is -4.45. The summed E-state index contributed by atoms with van der Waals surface area (Å²) in [4.78, 5) is 34.6. The number of nitrogens with one attached hydrogen (secondary N) is 2. The van der Waals surface area contributed by atoms with Crippen molar-refractivity contribution in [1.82, 2.24) is 0 Å². The summed E-state index contributed by atoms with van der Waals surface area (Å²) in [6.07, 6.45) is 4.58. The van der Waals surface area contributed by atoms with E-state index in [9.17, 15) is 45.4 Å². The van der Waals surface area contributed by atoms with Crippen LogP contribution in [0.4, 0.5) is 28.4 Å². The molecule has 22 heteroatoms. The Morgan fingerprint density at radius 1 is 0.672 bits per heavy atom. The van der Waals surface area contributed by atoms with Gasteiger partial charge < -0.3 is 24.7 Å². The van der Waals surface area contributed by atoms with Crippen LogP contribution in [0.5, 0.6) is 0 Å². The van der Waals surface area contributed by atoms with Crippen molar-refractivity contribution in [3.05, 3.63) is 137 Å². The Bertz CT molecular complexity index is 3030. The molecule has 5 aromatic rings. The van der Waals surface area contributed by atoms with Gasteiger partial charge in [-0.2, -0.15) is 15.3 Å². The summed E-state index contributed by atoms with van der Waals surface area (Å²) in [5.74, 6) is -3.18. The van der Waals surface area contributed by atoms with Crippen molar-refractivity contribution in [2.24, 2.45) is 20.4 Å². The summed E-state index contributed by atoms with van der Waals surface area (Å²) in [5.41, 5.74) is 13.5. The van der Waals surface area contributed by atoms with Crippen molar-refractivity contribution in [2.45, 2.75) is 4.90 Å². The molecule has 0 aliphatic heterocycles. The predicted octanol–water partition coefficient (Wildman–Crippen LogP) is -4.45. The molecule has 17 nitrogen and oxygen atoms in total. The second kappa shape index (κ2) is 20.2. The molecule has 0 unspecified atom stereocenters. The molecule has 0 amide bonds. The average Bonchev–Trinajstić information content (AvgIpc) is 3.19. The molecule has 4 N–H and O–H groups in total. The van der Waals surface area contributed by atoms with E-state index in [1.165, 1.54) is 42.5 Å². The number of hydrogen-bond donors (Lipinski definition) is 3. The summed E-state index contributed by atoms with van der Waals surface area (Å²) in [5, 5.41) is 28.2. The van der Waals surface area contributed by atoms with Crippen LogP contribution in [0.25, 0.3) is 28.0 Å². The minimum Gasteiger partial charge on any atom is -0.744 e. The Labute approximate surface area is 414 Å². The van der Waals surface area contributed by atoms with Crippen molar-refractivity contribution in [3.8, 4) is 11.1 Å². The number of azo groups is 1. The number of ketones is 2. The number of rotatable bonds is 10. The molecule has 2 aliphatic carbocycles. The smallest absolute Gasteiger partial charge is 0.744 e. The van der Waals surface area contributed by atoms with Gasteiger partial charge in [-0.1, -0.05) is 36.4 Å². The summed E-state index contributed by atoms with van der Waals surface area (Å²) in [6, 6.07) is 24.6. The number of benzene rings is 5. The van der Waals surface area contributed by atoms with E-state index in [0.717, 1.165) is 41.5 Å². The zero-order valence-electron chi connectivity index (χ0n) is 32.3. The topological polar surface area (TPSA) is 288 Å². The molecule has 5 aromatic carbocycles. The molecular weight excluding hydrogens is 860 g/mol. The second-order valence-electron chi connectivity index (χ2n) is 12.5. The summed E-state index contributed by atoms with van der Waals surface area (Å²) in [6.45, 7) is 0. The van der Waals surface area contributed by atoms with Crippen molar-refractivity contribution in [1.29, 1.82) is 0 Å². The molecule has 0 saturated carbocycles. The minimum atomic E-state index is -5.20. The van der Waals surface area contributed by atoms with Crippen molar-refractivity contribution >= 4 is 94.5 Å². The Kier molecular flexibility index (Phi) is 16.3. The van der Waals surface area contributed by atoms with Crippen molar-refractivity contribution in [3.63, 3.8) is 0 Å². The number of carboxylic acids is 1. The SMILES string of the molecule is Nc1ccc2c(c1)C(=O)/C(=N/Nc1ccc(N=Nc3ccc(-c4ccc(N/N=C5\C=CC(=O)C(C(=O)[O-])=C5)cc4)cc3)c3ccc(S(=O)(=O)[O-])cc13)C(S(=O)(=O)[O-])=C2.[Na+].[Na+].[Na+]. The molecule has 61 heavy (non-hydrogen) atoms. The van der Waals surface area contributed by atoms with Gasteiger partial charge in [0.15, 0.2) is 5.78 Å². The van der Waals surface area contributed by atoms with Crippen LogP contribution in [0.15, 0.2) is 151 Å². The van der Waals surface area contributed by atoms with Crippen molar-refractivity contribution < 1.29 is 134 Å². The maximum atomic E-state index is 13.3. The van der Waals surface area contributed by atoms with E-state index < -0.39 is 58.9 Å². The van der Waals surface area contributed by atoms with E-state index in [2.05, 4.69) is 31.3 Å². The number of fused-ring (bicyclic) bond motifs is 2. The van der Waals surface area contributed by atoms with Gasteiger partial charge in [0.2, 0.25) is 5.78 Å². The maximum absolute atomic E-state index is 13.3. The number of Topliss-reactive ketones (excluding diaryl/α,β-unsaturated/α-hetero) is 1. The van der Waals surface area contributed by atoms with Crippen LogP contribution in [0.1, 0.15) is 15.9 Å². The number of carbonyl (C=O) groups excluding carboxylic acids is 3. The number of nitrogen functional groups attached to an aromatic ring is 1. The normalized spacial score (nSPS) is 15.0. The van der Waals surface area contributed by atoms with Crippen LogP contribution in [0.2, 0.25) is 0 Å². The largest absolute Gasteiger partial charge is 1.00 e. The number of anilines is 3. The Morgan fingerprint density at radius 3 is 1.98 bits per heavy atom. The molecule has 0 spiro atoms. The quantitative estimate of drug-likeness (QED) is 0.0227. The van der Waals surface area contributed by atoms with Crippen LogP contribution < -0.4 is 110 Å². The maximum Gasteiger partial charge on any atom is 1.00 e. The summed E-state index contributed by atoms with van der Waals surface area (Å²) < 4.78 is 72.4. The van der Waals surface area contributed by atoms with Gasteiger partial charge in [-0.05, 0) is 102 Å². The molecule has 7 rings (SSSR count). The van der Waals surface area contributed by atoms with E-state index in [4.69, 9.17) is 5.73 Å². The third-order valence-corrected chi connectivity index (χ3v) is 10.4. The molecule has 0 heterocycles. The first-order chi connectivity index (χ1) is 27.5. The fourth-order valence-electron chi connectivity index (χ4n) is 5.86. The zero-order chi connectivity index (χ0) is 41.4. The number of allylic oxidation sites excluding steroid dienone is 4. The average molecular weight is 884 g/mol. The van der Waals surface area contributed by atoms with E-state index >= 15 is 0 Å². The molecule has 0 bridgehead atoms. The predicted molar refractivity (Wildman–Crippen MR) is 210 cm³/mol. The van der Waals surface area contributed by atoms with Gasteiger partial charge in [0.1, 0.15) is 25.9 Å². The van der Waals surface area contributed by atoms with Crippen LogP contribution in [0.3, 0.4) is 0 Å². The van der Waals surface area contributed by atoms with Gasteiger partial charge in [0, 0.05) is 27.6 Å². The van der Waals surface area contributed by atoms with Gasteiger partial charge in [-0.15, -0.1) is 5.11 Å². The number of hydrazone groups is 2. The molecular formula is C39H24N7Na3O10S2. The first kappa shape index (κ1) is 49.2. The molecule has 2 aliphatic rings. The van der Waals surface area contributed by atoms with Crippen LogP contribution in [-0.4, -0.2) is 54.9 Å². The Morgan fingerprint density at radius 2 is 1.34 bits per heavy atom. The molecule has 290 valence electrons. The van der Waals surface area contributed by atoms with E-state index in [-0.39, 0.29) is 128 Å². The standard InChI is InChI=1S/C39H27N7O10S2.3Na/c40-24-6-1-23-17-36(58(54,55)56)37(38(48)30(23)18-24)46-45-34-15-14-33(29-13-12-28(20-31(29)34)57(51,52)53)44-42-26-9-4-22(5-10-26)21-2-7-25(8-3-21)41-43-27-11-16-35(47)32(19-27)39(49)50;;;/h1-20,41,45H,40H2,(H,49,50)(H,51,52,53)(H,54,55,56);;;/q;3*+1/p-3/b43-27+,44-42?,46-37+;;;. The monoisotopic (exact) mass is 883 g/mol. The molecule has 0 aromatic heterocycles. The molecule has 0 radical (unpaired) electrons. The van der Waals surface area contributed by atoms with Crippen LogP contribution >= 0.6 is 0 Å². The van der Waals surface area contributed by atoms with Crippen LogP contribution in [-0.2, 0) is 29.8 Å². The fraction of sp³-hybridized carbons (Fsp3) is 0. The number of carbonyl (C=O) groups is 3. The van der Waals surface area contributed by atoms with Crippen molar-refractivity contribution in [2.75, 3.05) is 16.6 Å². The van der Waals surface area contributed by atoms with Crippen LogP contribution in [0, 0.1) is 0 Å². The van der Waals surface area contributed by atoms with Gasteiger partial charge in [0.25, 0.3) is 0 Å². The molecule has 0 atom stereocenters. The van der Waals surface area contributed by atoms with Gasteiger partial charge in [-0.25, -0.2) is 16.8 Å². The van der Waals surface area contributed by atoms with Gasteiger partial charge >= 0.3 is 88.7 Å². The first-order valence-corrected chi connectivity index (χ1v) is 19.5. The zero-order valence-corrected chi connectivity index (χ0v) is 39.9. The third kappa shape index (κ3) is 11.3.